The summed E-state index contributed by atoms with van der Waals surface area (Å²) >= 11 is 0. The second-order valence-corrected chi connectivity index (χ2v) is 6.49. The molecule has 0 atom stereocenters. The number of aromatic nitrogens is 4. The van der Waals surface area contributed by atoms with Crippen LogP contribution in [-0.4, -0.2) is 46.1 Å². The molecule has 1 aromatic carbocycles. The second kappa shape index (κ2) is 6.76. The second-order valence-electron chi connectivity index (χ2n) is 6.49. The Bertz CT molecular complexity index is 930. The molecular formula is C19H22N6O. The highest BCUT2D eigenvalue weighted by atomic mass is 16.5. The summed E-state index contributed by atoms with van der Waals surface area (Å²) in [5.41, 5.74) is 10.2. The van der Waals surface area contributed by atoms with E-state index in [-0.39, 0.29) is 5.95 Å². The molecule has 1 aliphatic rings. The van der Waals surface area contributed by atoms with Crippen molar-refractivity contribution in [3.63, 3.8) is 0 Å². The van der Waals surface area contributed by atoms with Crippen molar-refractivity contribution in [2.24, 2.45) is 0 Å². The van der Waals surface area contributed by atoms with E-state index < -0.39 is 0 Å². The molecule has 134 valence electrons. The summed E-state index contributed by atoms with van der Waals surface area (Å²) in [6.45, 7) is 7.06. The zero-order valence-electron chi connectivity index (χ0n) is 15.0. The lowest BCUT2D eigenvalue weighted by Gasteiger charge is -2.28. The third kappa shape index (κ3) is 3.25. The van der Waals surface area contributed by atoms with Crippen LogP contribution in [0.4, 0.5) is 11.8 Å². The first-order valence-electron chi connectivity index (χ1n) is 8.71. The van der Waals surface area contributed by atoms with Crippen LogP contribution >= 0.6 is 0 Å². The molecule has 0 unspecified atom stereocenters. The van der Waals surface area contributed by atoms with Gasteiger partial charge in [-0.1, -0.05) is 23.8 Å². The number of hydrogen-bond donors (Lipinski definition) is 1. The fourth-order valence-corrected chi connectivity index (χ4v) is 3.15. The van der Waals surface area contributed by atoms with Gasteiger partial charge in [0.1, 0.15) is 5.82 Å². The van der Waals surface area contributed by atoms with Crippen LogP contribution in [0, 0.1) is 13.8 Å². The Kier molecular flexibility index (Phi) is 4.30. The van der Waals surface area contributed by atoms with Crippen LogP contribution in [0.3, 0.4) is 0 Å². The van der Waals surface area contributed by atoms with Crippen LogP contribution in [0.5, 0.6) is 0 Å². The molecule has 0 radical (unpaired) electrons. The van der Waals surface area contributed by atoms with Gasteiger partial charge in [0.25, 0.3) is 0 Å². The highest BCUT2D eigenvalue weighted by Crippen LogP contribution is 2.23. The predicted molar refractivity (Wildman–Crippen MR) is 102 cm³/mol. The van der Waals surface area contributed by atoms with Gasteiger partial charge in [0, 0.05) is 30.4 Å². The van der Waals surface area contributed by atoms with E-state index in [0.29, 0.717) is 19.0 Å². The molecule has 0 saturated carbocycles. The zero-order valence-corrected chi connectivity index (χ0v) is 15.0. The largest absolute Gasteiger partial charge is 0.378 e. The summed E-state index contributed by atoms with van der Waals surface area (Å²) in [5.74, 6) is 1.73. The van der Waals surface area contributed by atoms with Gasteiger partial charge in [-0.2, -0.15) is 15.1 Å². The molecule has 4 rings (SSSR count). The lowest BCUT2D eigenvalue weighted by atomic mass is 10.1. The molecule has 26 heavy (non-hydrogen) atoms. The fourth-order valence-electron chi connectivity index (χ4n) is 3.15. The van der Waals surface area contributed by atoms with Gasteiger partial charge in [0.2, 0.25) is 5.95 Å². The maximum absolute atomic E-state index is 5.97. The Morgan fingerprint density at radius 2 is 1.77 bits per heavy atom. The van der Waals surface area contributed by atoms with Crippen LogP contribution in [0.2, 0.25) is 0 Å². The van der Waals surface area contributed by atoms with Crippen molar-refractivity contribution < 1.29 is 4.74 Å². The number of rotatable bonds is 3. The molecule has 3 heterocycles. The Morgan fingerprint density at radius 3 is 2.54 bits per heavy atom. The van der Waals surface area contributed by atoms with E-state index in [1.165, 1.54) is 5.56 Å². The normalized spacial score (nSPS) is 14.6. The van der Waals surface area contributed by atoms with Crippen molar-refractivity contribution in [1.82, 2.24) is 19.7 Å². The van der Waals surface area contributed by atoms with E-state index in [1.807, 2.05) is 23.7 Å². The number of nitrogen functional groups attached to an aromatic ring is 1. The third-order valence-corrected chi connectivity index (χ3v) is 4.47. The first-order chi connectivity index (χ1) is 12.6. The van der Waals surface area contributed by atoms with E-state index in [4.69, 9.17) is 15.6 Å². The number of nitrogens with zero attached hydrogens (tertiary/aromatic N) is 5. The third-order valence-electron chi connectivity index (χ3n) is 4.47. The van der Waals surface area contributed by atoms with Gasteiger partial charge in [-0.15, -0.1) is 0 Å². The van der Waals surface area contributed by atoms with Crippen LogP contribution in [0.25, 0.3) is 17.1 Å². The van der Waals surface area contributed by atoms with Gasteiger partial charge >= 0.3 is 0 Å². The van der Waals surface area contributed by atoms with Crippen molar-refractivity contribution >= 4 is 11.8 Å². The molecular weight excluding hydrogens is 328 g/mol. The smallest absolute Gasteiger partial charge is 0.224 e. The Morgan fingerprint density at radius 1 is 1.00 bits per heavy atom. The minimum atomic E-state index is 0.246. The fraction of sp³-hybridized carbons (Fsp3) is 0.316. The minimum Gasteiger partial charge on any atom is -0.378 e. The average Bonchev–Trinajstić information content (AvgIpc) is 3.04. The number of nitrogens with two attached hydrogens (primary N) is 1. The molecule has 0 bridgehead atoms. The molecule has 3 aromatic rings. The van der Waals surface area contributed by atoms with Gasteiger partial charge in [-0.3, -0.25) is 0 Å². The van der Waals surface area contributed by atoms with Gasteiger partial charge in [-0.05, 0) is 26.0 Å². The SMILES string of the molecule is Cc1cccc(-c2cc(C)n(-c3cc(N4CCOCC4)nc(N)n3)n2)c1. The zero-order chi connectivity index (χ0) is 18.1. The summed E-state index contributed by atoms with van der Waals surface area (Å²) in [4.78, 5) is 10.9. The molecule has 0 aliphatic carbocycles. The van der Waals surface area contributed by atoms with Gasteiger partial charge in [-0.25, -0.2) is 4.68 Å². The molecule has 7 heteroatoms. The van der Waals surface area contributed by atoms with E-state index in [0.717, 1.165) is 35.9 Å². The minimum absolute atomic E-state index is 0.246. The number of hydrogen-bond acceptors (Lipinski definition) is 6. The molecule has 1 aliphatic heterocycles. The Hall–Kier alpha value is -2.93. The van der Waals surface area contributed by atoms with Crippen molar-refractivity contribution in [2.45, 2.75) is 13.8 Å². The lowest BCUT2D eigenvalue weighted by molar-refractivity contribution is 0.122. The number of morpholine rings is 1. The lowest BCUT2D eigenvalue weighted by Crippen LogP contribution is -2.37. The first-order valence-corrected chi connectivity index (χ1v) is 8.71. The highest BCUT2D eigenvalue weighted by Gasteiger charge is 2.16. The summed E-state index contributed by atoms with van der Waals surface area (Å²) in [6.07, 6.45) is 0. The average molecular weight is 350 g/mol. The summed E-state index contributed by atoms with van der Waals surface area (Å²) in [7, 11) is 0. The topological polar surface area (TPSA) is 82.1 Å². The molecule has 1 fully saturated rings. The van der Waals surface area contributed by atoms with Crippen molar-refractivity contribution in [1.29, 1.82) is 0 Å². The monoisotopic (exact) mass is 350 g/mol. The summed E-state index contributed by atoms with van der Waals surface area (Å²) in [6, 6.07) is 12.3. The highest BCUT2D eigenvalue weighted by molar-refractivity contribution is 5.61. The van der Waals surface area contributed by atoms with E-state index in [2.05, 4.69) is 46.1 Å². The molecule has 2 N–H and O–H groups in total. The van der Waals surface area contributed by atoms with Crippen LogP contribution in [-0.2, 0) is 4.74 Å². The van der Waals surface area contributed by atoms with Crippen LogP contribution in [0.1, 0.15) is 11.3 Å². The van der Waals surface area contributed by atoms with E-state index in [1.54, 1.807) is 0 Å². The summed E-state index contributed by atoms with van der Waals surface area (Å²) < 4.78 is 7.23. The van der Waals surface area contributed by atoms with Crippen molar-refractivity contribution in [2.75, 3.05) is 36.9 Å². The van der Waals surface area contributed by atoms with E-state index >= 15 is 0 Å². The standard InChI is InChI=1S/C19H22N6O/c1-13-4-3-5-15(10-13)16-11-14(2)25(23-16)18-12-17(21-19(20)22-18)24-6-8-26-9-7-24/h3-5,10-12H,6-9H2,1-2H3,(H2,20,21,22). The van der Waals surface area contributed by atoms with Crippen LogP contribution in [0.15, 0.2) is 36.4 Å². The number of anilines is 2. The van der Waals surface area contributed by atoms with Crippen LogP contribution < -0.4 is 10.6 Å². The maximum atomic E-state index is 5.97. The van der Waals surface area contributed by atoms with Gasteiger partial charge in [0.15, 0.2) is 5.82 Å². The van der Waals surface area contributed by atoms with Crippen molar-refractivity contribution in [3.8, 4) is 17.1 Å². The molecule has 7 nitrogen and oxygen atoms in total. The predicted octanol–water partition coefficient (Wildman–Crippen LogP) is 2.36. The van der Waals surface area contributed by atoms with Gasteiger partial charge in [0.05, 0.1) is 18.9 Å². The molecule has 1 saturated heterocycles. The Balaban J connectivity index is 1.72. The number of aryl methyl sites for hydroxylation is 2. The Labute approximate surface area is 152 Å². The van der Waals surface area contributed by atoms with E-state index in [9.17, 15) is 0 Å². The maximum Gasteiger partial charge on any atom is 0.224 e. The molecule has 2 aromatic heterocycles. The number of benzene rings is 1. The first kappa shape index (κ1) is 16.5. The van der Waals surface area contributed by atoms with Crippen molar-refractivity contribution in [3.05, 3.63) is 47.7 Å². The van der Waals surface area contributed by atoms with Gasteiger partial charge < -0.3 is 15.4 Å². The summed E-state index contributed by atoms with van der Waals surface area (Å²) in [5, 5.41) is 4.75. The molecule has 0 amide bonds. The quantitative estimate of drug-likeness (QED) is 0.781. The molecule has 0 spiro atoms. The number of ether oxygens (including phenoxy) is 1.